The summed E-state index contributed by atoms with van der Waals surface area (Å²) in [7, 11) is 0. The van der Waals surface area contributed by atoms with Crippen LogP contribution in [-0.2, 0) is 6.54 Å². The van der Waals surface area contributed by atoms with E-state index in [1.165, 1.54) is 25.9 Å². The first kappa shape index (κ1) is 14.1. The van der Waals surface area contributed by atoms with Crippen LogP contribution in [0.5, 0.6) is 0 Å². The van der Waals surface area contributed by atoms with Gasteiger partial charge < -0.3 is 14.6 Å². The van der Waals surface area contributed by atoms with E-state index in [2.05, 4.69) is 14.5 Å². The zero-order valence-corrected chi connectivity index (χ0v) is 12.4. The van der Waals surface area contributed by atoms with Crippen LogP contribution in [0.2, 0.25) is 0 Å². The van der Waals surface area contributed by atoms with Gasteiger partial charge in [-0.05, 0) is 64.0 Å². The molecular formula is C16H21N3O2. The Kier molecular flexibility index (Phi) is 3.92. The third-order valence-corrected chi connectivity index (χ3v) is 4.24. The number of nitrogens with zero attached hydrogens (tertiary/aromatic N) is 3. The number of hydrogen-bond acceptors (Lipinski definition) is 3. The van der Waals surface area contributed by atoms with Gasteiger partial charge in [0.2, 0.25) is 0 Å². The molecule has 1 fully saturated rings. The van der Waals surface area contributed by atoms with Crippen LogP contribution in [0.4, 0.5) is 0 Å². The smallest absolute Gasteiger partial charge is 0.335 e. The van der Waals surface area contributed by atoms with E-state index in [0.29, 0.717) is 5.56 Å². The van der Waals surface area contributed by atoms with Gasteiger partial charge in [0.1, 0.15) is 5.82 Å². The highest BCUT2D eigenvalue weighted by Gasteiger charge is 2.13. The van der Waals surface area contributed by atoms with Gasteiger partial charge in [0.15, 0.2) is 0 Å². The average molecular weight is 287 g/mol. The molecule has 0 unspecified atom stereocenters. The molecule has 1 N–H and O–H groups in total. The maximum Gasteiger partial charge on any atom is 0.335 e. The first-order chi connectivity index (χ1) is 10.1. The van der Waals surface area contributed by atoms with Gasteiger partial charge in [-0.15, -0.1) is 0 Å². The number of likely N-dealkylation sites (tertiary alicyclic amines) is 1. The maximum absolute atomic E-state index is 11.1. The number of benzene rings is 1. The normalized spacial score (nSPS) is 15.9. The molecule has 1 aromatic carbocycles. The monoisotopic (exact) mass is 287 g/mol. The summed E-state index contributed by atoms with van der Waals surface area (Å²) in [6.07, 6.45) is 3.70. The van der Waals surface area contributed by atoms with Crippen molar-refractivity contribution < 1.29 is 9.90 Å². The summed E-state index contributed by atoms with van der Waals surface area (Å²) in [4.78, 5) is 18.1. The molecule has 0 bridgehead atoms. The van der Waals surface area contributed by atoms with Crippen LogP contribution in [0.25, 0.3) is 11.0 Å². The van der Waals surface area contributed by atoms with Crippen molar-refractivity contribution in [2.24, 2.45) is 0 Å². The second kappa shape index (κ2) is 5.85. The molecule has 0 spiro atoms. The van der Waals surface area contributed by atoms with Gasteiger partial charge in [-0.3, -0.25) is 0 Å². The van der Waals surface area contributed by atoms with E-state index in [-0.39, 0.29) is 0 Å². The molecule has 0 aliphatic carbocycles. The van der Waals surface area contributed by atoms with Crippen molar-refractivity contribution in [1.82, 2.24) is 14.5 Å². The highest BCUT2D eigenvalue weighted by atomic mass is 16.4. The van der Waals surface area contributed by atoms with Crippen molar-refractivity contribution in [3.8, 4) is 0 Å². The summed E-state index contributed by atoms with van der Waals surface area (Å²) in [6.45, 7) is 6.41. The summed E-state index contributed by atoms with van der Waals surface area (Å²) in [5.74, 6) is 0.0633. The molecule has 5 heteroatoms. The van der Waals surface area contributed by atoms with E-state index < -0.39 is 5.97 Å². The predicted octanol–water partition coefficient (Wildman–Crippen LogP) is 2.53. The van der Waals surface area contributed by atoms with Crippen LogP contribution in [-0.4, -0.2) is 45.2 Å². The molecule has 2 aromatic rings. The van der Waals surface area contributed by atoms with Gasteiger partial charge in [-0.25, -0.2) is 9.78 Å². The highest BCUT2D eigenvalue weighted by molar-refractivity contribution is 5.92. The largest absolute Gasteiger partial charge is 0.478 e. The number of aromatic nitrogens is 2. The van der Waals surface area contributed by atoms with Crippen molar-refractivity contribution in [2.75, 3.05) is 19.6 Å². The second-order valence-corrected chi connectivity index (χ2v) is 5.72. The van der Waals surface area contributed by atoms with E-state index in [1.54, 1.807) is 18.2 Å². The Morgan fingerprint density at radius 2 is 2.05 bits per heavy atom. The van der Waals surface area contributed by atoms with E-state index in [4.69, 9.17) is 5.11 Å². The fourth-order valence-corrected chi connectivity index (χ4v) is 3.12. The second-order valence-electron chi connectivity index (χ2n) is 5.72. The molecule has 1 aliphatic rings. The summed E-state index contributed by atoms with van der Waals surface area (Å²) in [5.41, 5.74) is 2.12. The van der Waals surface area contributed by atoms with Crippen molar-refractivity contribution in [3.63, 3.8) is 0 Å². The summed E-state index contributed by atoms with van der Waals surface area (Å²) >= 11 is 0. The number of hydrogen-bond donors (Lipinski definition) is 1. The molecule has 0 atom stereocenters. The number of rotatable bonds is 5. The van der Waals surface area contributed by atoms with Crippen LogP contribution in [0.15, 0.2) is 18.2 Å². The van der Waals surface area contributed by atoms with Gasteiger partial charge in [0.05, 0.1) is 16.6 Å². The predicted molar refractivity (Wildman–Crippen MR) is 81.7 cm³/mol. The first-order valence-corrected chi connectivity index (χ1v) is 7.58. The molecule has 1 aliphatic heterocycles. The molecule has 1 saturated heterocycles. The third kappa shape index (κ3) is 2.93. The first-order valence-electron chi connectivity index (χ1n) is 7.58. The Bertz CT molecular complexity index is 657. The molecule has 0 radical (unpaired) electrons. The lowest BCUT2D eigenvalue weighted by molar-refractivity contribution is 0.0697. The minimum absolute atomic E-state index is 0.322. The standard InChI is InChI=1S/C16H21N3O2/c1-12-17-14-6-5-13(16(20)21)11-15(14)19(12)10-4-9-18-7-2-3-8-18/h5-6,11H,2-4,7-10H2,1H3,(H,20,21). The Hall–Kier alpha value is -1.88. The Morgan fingerprint density at radius 1 is 1.29 bits per heavy atom. The quantitative estimate of drug-likeness (QED) is 0.918. The number of imidazole rings is 1. The number of carbonyl (C=O) groups is 1. The molecule has 21 heavy (non-hydrogen) atoms. The number of carboxylic acids is 1. The Labute approximate surface area is 124 Å². The SMILES string of the molecule is Cc1nc2ccc(C(=O)O)cc2n1CCCN1CCCC1. The molecule has 2 heterocycles. The van der Waals surface area contributed by atoms with Gasteiger partial charge in [0.25, 0.3) is 0 Å². The summed E-state index contributed by atoms with van der Waals surface area (Å²) < 4.78 is 2.14. The van der Waals surface area contributed by atoms with Crippen molar-refractivity contribution in [3.05, 3.63) is 29.6 Å². The fraction of sp³-hybridized carbons (Fsp3) is 0.500. The van der Waals surface area contributed by atoms with E-state index in [0.717, 1.165) is 36.4 Å². The molecular weight excluding hydrogens is 266 g/mol. The van der Waals surface area contributed by atoms with E-state index >= 15 is 0 Å². The molecule has 0 amide bonds. The molecule has 0 saturated carbocycles. The van der Waals surface area contributed by atoms with Crippen LogP contribution < -0.4 is 0 Å². The third-order valence-electron chi connectivity index (χ3n) is 4.24. The Balaban J connectivity index is 1.77. The molecule has 112 valence electrons. The topological polar surface area (TPSA) is 58.4 Å². The van der Waals surface area contributed by atoms with E-state index in [1.807, 2.05) is 6.92 Å². The van der Waals surface area contributed by atoms with Gasteiger partial charge in [-0.2, -0.15) is 0 Å². The molecule has 5 nitrogen and oxygen atoms in total. The minimum atomic E-state index is -0.889. The van der Waals surface area contributed by atoms with Crippen LogP contribution >= 0.6 is 0 Å². The van der Waals surface area contributed by atoms with Gasteiger partial charge in [-0.1, -0.05) is 0 Å². The number of aryl methyl sites for hydroxylation is 2. The summed E-state index contributed by atoms with van der Waals surface area (Å²) in [5, 5.41) is 9.13. The van der Waals surface area contributed by atoms with Crippen LogP contribution in [0.3, 0.4) is 0 Å². The minimum Gasteiger partial charge on any atom is -0.478 e. The van der Waals surface area contributed by atoms with Crippen molar-refractivity contribution in [2.45, 2.75) is 32.7 Å². The van der Waals surface area contributed by atoms with Crippen molar-refractivity contribution in [1.29, 1.82) is 0 Å². The zero-order valence-electron chi connectivity index (χ0n) is 12.4. The number of carboxylic acid groups (broad SMARTS) is 1. The van der Waals surface area contributed by atoms with Gasteiger partial charge in [0, 0.05) is 6.54 Å². The maximum atomic E-state index is 11.1. The van der Waals surface area contributed by atoms with Crippen LogP contribution in [0, 0.1) is 6.92 Å². The fourth-order valence-electron chi connectivity index (χ4n) is 3.12. The lowest BCUT2D eigenvalue weighted by Gasteiger charge is -2.15. The van der Waals surface area contributed by atoms with Crippen molar-refractivity contribution >= 4 is 17.0 Å². The van der Waals surface area contributed by atoms with Crippen LogP contribution in [0.1, 0.15) is 35.4 Å². The lowest BCUT2D eigenvalue weighted by Crippen LogP contribution is -2.21. The Morgan fingerprint density at radius 3 is 2.76 bits per heavy atom. The summed E-state index contributed by atoms with van der Waals surface area (Å²) in [6, 6.07) is 5.14. The zero-order chi connectivity index (χ0) is 14.8. The average Bonchev–Trinajstić information content (AvgIpc) is 3.06. The van der Waals surface area contributed by atoms with E-state index in [9.17, 15) is 4.79 Å². The number of aromatic carboxylic acids is 1. The number of fused-ring (bicyclic) bond motifs is 1. The lowest BCUT2D eigenvalue weighted by atomic mass is 10.2. The molecule has 1 aromatic heterocycles. The molecule has 3 rings (SSSR count). The highest BCUT2D eigenvalue weighted by Crippen LogP contribution is 2.19. The van der Waals surface area contributed by atoms with Gasteiger partial charge >= 0.3 is 5.97 Å².